The lowest BCUT2D eigenvalue weighted by Crippen LogP contribution is -2.46. The summed E-state index contributed by atoms with van der Waals surface area (Å²) < 4.78 is 10.1. The Morgan fingerprint density at radius 2 is 2.46 bits per heavy atom. The van der Waals surface area contributed by atoms with Crippen molar-refractivity contribution in [2.75, 3.05) is 13.2 Å². The van der Waals surface area contributed by atoms with Crippen LogP contribution in [0.3, 0.4) is 0 Å². The summed E-state index contributed by atoms with van der Waals surface area (Å²) in [5, 5.41) is 9.18. The summed E-state index contributed by atoms with van der Waals surface area (Å²) in [6.45, 7) is 4.05. The van der Waals surface area contributed by atoms with Gasteiger partial charge in [0.15, 0.2) is 5.60 Å². The van der Waals surface area contributed by atoms with E-state index in [-0.39, 0.29) is 12.6 Å². The van der Waals surface area contributed by atoms with Gasteiger partial charge in [-0.3, -0.25) is 0 Å². The molecule has 0 aromatic heterocycles. The molecule has 0 radical (unpaired) electrons. The summed E-state index contributed by atoms with van der Waals surface area (Å²) in [7, 11) is 0. The molecule has 4 heteroatoms. The van der Waals surface area contributed by atoms with E-state index in [9.17, 15) is 9.90 Å². The number of hydrogen-bond donors (Lipinski definition) is 1. The van der Waals surface area contributed by atoms with E-state index in [4.69, 9.17) is 9.47 Å². The average molecular weight is 188 g/mol. The Labute approximate surface area is 77.8 Å². The van der Waals surface area contributed by atoms with Crippen LogP contribution in [0.15, 0.2) is 0 Å². The Hall–Kier alpha value is -0.610. The van der Waals surface area contributed by atoms with Crippen LogP contribution in [-0.2, 0) is 14.3 Å². The van der Waals surface area contributed by atoms with Gasteiger partial charge in [-0.05, 0) is 26.7 Å². The molecular weight excluding hydrogens is 172 g/mol. The van der Waals surface area contributed by atoms with Gasteiger partial charge in [0.25, 0.3) is 0 Å². The van der Waals surface area contributed by atoms with Crippen LogP contribution in [0.1, 0.15) is 26.7 Å². The Morgan fingerprint density at radius 3 is 2.92 bits per heavy atom. The molecule has 0 amide bonds. The molecule has 1 saturated heterocycles. The van der Waals surface area contributed by atoms with E-state index in [1.165, 1.54) is 0 Å². The first kappa shape index (κ1) is 10.5. The van der Waals surface area contributed by atoms with Crippen LogP contribution in [-0.4, -0.2) is 36.0 Å². The predicted octanol–water partition coefficient (Wildman–Crippen LogP) is 0.480. The lowest BCUT2D eigenvalue weighted by atomic mass is 9.95. The van der Waals surface area contributed by atoms with Crippen LogP contribution in [0.4, 0.5) is 0 Å². The van der Waals surface area contributed by atoms with Crippen LogP contribution < -0.4 is 0 Å². The summed E-state index contributed by atoms with van der Waals surface area (Å²) in [6.07, 6.45) is 0.671. The molecule has 0 saturated carbocycles. The van der Waals surface area contributed by atoms with Crippen molar-refractivity contribution in [3.05, 3.63) is 0 Å². The zero-order chi connectivity index (χ0) is 9.90. The summed E-state index contributed by atoms with van der Waals surface area (Å²) in [5.41, 5.74) is -0.852. The fraction of sp³-hybridized carbons (Fsp3) is 0.889. The van der Waals surface area contributed by atoms with Crippen LogP contribution in [0.25, 0.3) is 0 Å². The zero-order valence-electron chi connectivity index (χ0n) is 8.08. The second-order valence-corrected chi connectivity index (χ2v) is 3.45. The van der Waals surface area contributed by atoms with E-state index >= 15 is 0 Å². The standard InChI is InChI=1S/C9H16O4/c1-3-12-8(11)9(2)5-4-7(10)6-13-9/h7,10H,3-6H2,1-2H3. The topological polar surface area (TPSA) is 55.8 Å². The summed E-state index contributed by atoms with van der Waals surface area (Å²) in [6, 6.07) is 0. The second-order valence-electron chi connectivity index (χ2n) is 3.45. The minimum absolute atomic E-state index is 0.218. The van der Waals surface area contributed by atoms with Crippen LogP contribution in [0, 0.1) is 0 Å². The highest BCUT2D eigenvalue weighted by atomic mass is 16.6. The quantitative estimate of drug-likeness (QED) is 0.640. The molecule has 13 heavy (non-hydrogen) atoms. The van der Waals surface area contributed by atoms with Crippen molar-refractivity contribution < 1.29 is 19.4 Å². The van der Waals surface area contributed by atoms with Gasteiger partial charge in [-0.15, -0.1) is 0 Å². The van der Waals surface area contributed by atoms with Gasteiger partial charge in [0.1, 0.15) is 0 Å². The molecule has 1 fully saturated rings. The van der Waals surface area contributed by atoms with Crippen molar-refractivity contribution >= 4 is 5.97 Å². The van der Waals surface area contributed by atoms with E-state index in [1.54, 1.807) is 13.8 Å². The third-order valence-electron chi connectivity index (χ3n) is 2.26. The van der Waals surface area contributed by atoms with Crippen molar-refractivity contribution in [1.82, 2.24) is 0 Å². The molecule has 0 spiro atoms. The highest BCUT2D eigenvalue weighted by Crippen LogP contribution is 2.25. The molecule has 2 atom stereocenters. The Balaban J connectivity index is 2.51. The highest BCUT2D eigenvalue weighted by Gasteiger charge is 2.39. The van der Waals surface area contributed by atoms with E-state index in [0.29, 0.717) is 19.4 Å². The number of aliphatic hydroxyl groups is 1. The van der Waals surface area contributed by atoms with Crippen LogP contribution in [0.2, 0.25) is 0 Å². The molecular formula is C9H16O4. The fourth-order valence-electron chi connectivity index (χ4n) is 1.32. The molecule has 1 aliphatic heterocycles. The molecule has 1 heterocycles. The third-order valence-corrected chi connectivity index (χ3v) is 2.26. The monoisotopic (exact) mass is 188 g/mol. The summed E-state index contributed by atoms with van der Waals surface area (Å²) >= 11 is 0. The molecule has 0 aromatic carbocycles. The smallest absolute Gasteiger partial charge is 0.338 e. The van der Waals surface area contributed by atoms with E-state index in [0.717, 1.165) is 0 Å². The molecule has 0 aromatic rings. The average Bonchev–Trinajstić information content (AvgIpc) is 2.11. The first-order chi connectivity index (χ1) is 6.08. The van der Waals surface area contributed by atoms with Gasteiger partial charge in [-0.2, -0.15) is 0 Å². The van der Waals surface area contributed by atoms with Crippen molar-refractivity contribution in [3.8, 4) is 0 Å². The van der Waals surface area contributed by atoms with Crippen molar-refractivity contribution in [3.63, 3.8) is 0 Å². The normalized spacial score (nSPS) is 34.2. The van der Waals surface area contributed by atoms with Crippen molar-refractivity contribution in [1.29, 1.82) is 0 Å². The maximum Gasteiger partial charge on any atom is 0.338 e. The maximum absolute atomic E-state index is 11.4. The highest BCUT2D eigenvalue weighted by molar-refractivity contribution is 5.79. The number of ether oxygens (including phenoxy) is 2. The van der Waals surface area contributed by atoms with E-state index < -0.39 is 11.7 Å². The molecule has 4 nitrogen and oxygen atoms in total. The first-order valence-corrected chi connectivity index (χ1v) is 4.58. The van der Waals surface area contributed by atoms with Crippen molar-refractivity contribution in [2.24, 2.45) is 0 Å². The SMILES string of the molecule is CCOC(=O)C1(C)CCC(O)CO1. The minimum Gasteiger partial charge on any atom is -0.464 e. The Bertz CT molecular complexity index is 182. The Morgan fingerprint density at radius 1 is 1.77 bits per heavy atom. The summed E-state index contributed by atoms with van der Waals surface area (Å²) in [5.74, 6) is -0.332. The van der Waals surface area contributed by atoms with Gasteiger partial charge >= 0.3 is 5.97 Å². The Kier molecular flexibility index (Phi) is 3.27. The van der Waals surface area contributed by atoms with Crippen LogP contribution in [0.5, 0.6) is 0 Å². The third kappa shape index (κ3) is 2.42. The van der Waals surface area contributed by atoms with Gasteiger partial charge in [0.2, 0.25) is 0 Å². The fourth-order valence-corrected chi connectivity index (χ4v) is 1.32. The number of carbonyl (C=O) groups excluding carboxylic acids is 1. The molecule has 1 rings (SSSR count). The van der Waals surface area contributed by atoms with E-state index in [2.05, 4.69) is 0 Å². The molecule has 0 aliphatic carbocycles. The molecule has 1 N–H and O–H groups in total. The number of esters is 1. The van der Waals surface area contributed by atoms with Crippen LogP contribution >= 0.6 is 0 Å². The van der Waals surface area contributed by atoms with Gasteiger partial charge in [0.05, 0.1) is 19.3 Å². The molecule has 1 aliphatic rings. The predicted molar refractivity (Wildman–Crippen MR) is 46.2 cm³/mol. The molecule has 76 valence electrons. The number of aliphatic hydroxyl groups excluding tert-OH is 1. The first-order valence-electron chi connectivity index (χ1n) is 4.58. The molecule has 0 bridgehead atoms. The van der Waals surface area contributed by atoms with Gasteiger partial charge in [-0.25, -0.2) is 4.79 Å². The number of carbonyl (C=O) groups is 1. The van der Waals surface area contributed by atoms with Gasteiger partial charge in [-0.1, -0.05) is 0 Å². The number of hydrogen-bond acceptors (Lipinski definition) is 4. The lowest BCUT2D eigenvalue weighted by Gasteiger charge is -2.33. The van der Waals surface area contributed by atoms with Gasteiger partial charge in [0, 0.05) is 0 Å². The number of rotatable bonds is 2. The van der Waals surface area contributed by atoms with Crippen molar-refractivity contribution in [2.45, 2.75) is 38.4 Å². The molecule has 2 unspecified atom stereocenters. The largest absolute Gasteiger partial charge is 0.464 e. The lowest BCUT2D eigenvalue weighted by molar-refractivity contribution is -0.182. The van der Waals surface area contributed by atoms with E-state index in [1.807, 2.05) is 0 Å². The zero-order valence-corrected chi connectivity index (χ0v) is 8.08. The maximum atomic E-state index is 11.4. The second kappa shape index (κ2) is 4.07. The summed E-state index contributed by atoms with van der Waals surface area (Å²) in [4.78, 5) is 11.4. The minimum atomic E-state index is -0.852. The van der Waals surface area contributed by atoms with Gasteiger partial charge < -0.3 is 14.6 Å².